The van der Waals surface area contributed by atoms with Crippen LogP contribution in [0.15, 0.2) is 24.3 Å². The Balaban J connectivity index is 2.38. The van der Waals surface area contributed by atoms with Crippen LogP contribution in [-0.4, -0.2) is 11.1 Å². The molecule has 0 bridgehead atoms. The van der Waals surface area contributed by atoms with E-state index in [2.05, 4.69) is 5.32 Å². The Morgan fingerprint density at radius 1 is 1.00 bits per heavy atom. The predicted octanol–water partition coefficient (Wildman–Crippen LogP) is 4.57. The molecular formula is C15H8F7NO2. The highest BCUT2D eigenvalue weighted by atomic mass is 19.4. The summed E-state index contributed by atoms with van der Waals surface area (Å²) in [5, 5.41) is 11.1. The minimum atomic E-state index is -5.61. The first-order valence-electron chi connectivity index (χ1n) is 6.53. The van der Waals surface area contributed by atoms with Crippen LogP contribution in [0.3, 0.4) is 0 Å². The van der Waals surface area contributed by atoms with Crippen LogP contribution in [0.5, 0.6) is 0 Å². The number of carbonyl (C=O) groups is 1. The highest BCUT2D eigenvalue weighted by Crippen LogP contribution is 2.37. The summed E-state index contributed by atoms with van der Waals surface area (Å²) in [5.74, 6) is -10.8. The third kappa shape index (κ3) is 3.67. The molecule has 0 heterocycles. The van der Waals surface area contributed by atoms with Crippen molar-refractivity contribution in [3.8, 4) is 0 Å². The van der Waals surface area contributed by atoms with Crippen LogP contribution in [-0.2, 0) is 12.7 Å². The van der Waals surface area contributed by atoms with Gasteiger partial charge in [-0.2, -0.15) is 13.2 Å². The second-order valence-corrected chi connectivity index (χ2v) is 4.85. The summed E-state index contributed by atoms with van der Waals surface area (Å²) in [5.41, 5.74) is -4.10. The van der Waals surface area contributed by atoms with Gasteiger partial charge < -0.3 is 10.4 Å². The van der Waals surface area contributed by atoms with Crippen molar-refractivity contribution in [2.75, 3.05) is 5.32 Å². The molecule has 0 aliphatic rings. The van der Waals surface area contributed by atoms with E-state index < -0.39 is 53.1 Å². The van der Waals surface area contributed by atoms with Crippen molar-refractivity contribution < 1.29 is 40.6 Å². The van der Waals surface area contributed by atoms with Crippen LogP contribution in [0, 0.1) is 23.3 Å². The SMILES string of the molecule is O=C(O)c1cccc(NCc2c(F)c(F)c(C(F)(F)F)c(F)c2F)c1. The van der Waals surface area contributed by atoms with E-state index >= 15 is 0 Å². The summed E-state index contributed by atoms with van der Waals surface area (Å²) in [7, 11) is 0. The smallest absolute Gasteiger partial charge is 0.422 e. The second kappa shape index (κ2) is 6.61. The quantitative estimate of drug-likeness (QED) is 0.615. The van der Waals surface area contributed by atoms with Crippen LogP contribution in [0.1, 0.15) is 21.5 Å². The number of halogens is 7. The molecule has 0 amide bonds. The topological polar surface area (TPSA) is 49.3 Å². The Morgan fingerprint density at radius 3 is 2.04 bits per heavy atom. The third-order valence-corrected chi connectivity index (χ3v) is 3.22. The molecule has 2 aromatic carbocycles. The molecule has 2 rings (SSSR count). The van der Waals surface area contributed by atoms with Gasteiger partial charge in [0.1, 0.15) is 5.56 Å². The zero-order chi connectivity index (χ0) is 18.9. The van der Waals surface area contributed by atoms with Gasteiger partial charge in [0.2, 0.25) is 0 Å². The van der Waals surface area contributed by atoms with E-state index in [1.165, 1.54) is 18.2 Å². The lowest BCUT2D eigenvalue weighted by molar-refractivity contribution is -0.143. The highest BCUT2D eigenvalue weighted by molar-refractivity contribution is 5.88. The highest BCUT2D eigenvalue weighted by Gasteiger charge is 2.42. The van der Waals surface area contributed by atoms with E-state index in [1.807, 2.05) is 0 Å². The summed E-state index contributed by atoms with van der Waals surface area (Å²) in [4.78, 5) is 10.8. The number of nitrogens with one attached hydrogen (secondary N) is 1. The van der Waals surface area contributed by atoms with E-state index in [9.17, 15) is 35.5 Å². The molecule has 0 aliphatic carbocycles. The normalized spacial score (nSPS) is 11.5. The number of benzene rings is 2. The molecule has 0 unspecified atom stereocenters. The monoisotopic (exact) mass is 367 g/mol. The Bertz CT molecular complexity index is 804. The number of alkyl halides is 3. The Kier molecular flexibility index (Phi) is 4.91. The second-order valence-electron chi connectivity index (χ2n) is 4.85. The van der Waals surface area contributed by atoms with Crippen LogP contribution in [0.4, 0.5) is 36.4 Å². The van der Waals surface area contributed by atoms with Gasteiger partial charge >= 0.3 is 12.1 Å². The van der Waals surface area contributed by atoms with Gasteiger partial charge in [-0.3, -0.25) is 0 Å². The molecule has 3 nitrogen and oxygen atoms in total. The maximum Gasteiger partial charge on any atom is 0.422 e. The first-order valence-corrected chi connectivity index (χ1v) is 6.53. The van der Waals surface area contributed by atoms with Gasteiger partial charge in [-0.25, -0.2) is 22.4 Å². The molecule has 0 aromatic heterocycles. The zero-order valence-corrected chi connectivity index (χ0v) is 12.0. The lowest BCUT2D eigenvalue weighted by Gasteiger charge is -2.15. The molecule has 0 saturated heterocycles. The van der Waals surface area contributed by atoms with Gasteiger partial charge in [-0.15, -0.1) is 0 Å². The molecule has 0 spiro atoms. The van der Waals surface area contributed by atoms with Gasteiger partial charge in [-0.05, 0) is 18.2 Å². The molecule has 134 valence electrons. The third-order valence-electron chi connectivity index (χ3n) is 3.22. The molecule has 0 atom stereocenters. The average Bonchev–Trinajstić information content (AvgIpc) is 2.52. The van der Waals surface area contributed by atoms with Gasteiger partial charge in [0.05, 0.1) is 5.56 Å². The fraction of sp³-hybridized carbons (Fsp3) is 0.133. The van der Waals surface area contributed by atoms with Crippen molar-refractivity contribution in [3.63, 3.8) is 0 Å². The molecule has 25 heavy (non-hydrogen) atoms. The van der Waals surface area contributed by atoms with Crippen molar-refractivity contribution in [2.45, 2.75) is 12.7 Å². The number of aromatic carboxylic acids is 1. The maximum atomic E-state index is 13.7. The average molecular weight is 367 g/mol. The van der Waals surface area contributed by atoms with Gasteiger partial charge in [0, 0.05) is 17.8 Å². The first kappa shape index (κ1) is 18.6. The molecule has 0 aliphatic heterocycles. The number of anilines is 1. The minimum Gasteiger partial charge on any atom is -0.478 e. The Hall–Kier alpha value is -2.78. The summed E-state index contributed by atoms with van der Waals surface area (Å²) in [6, 6.07) is 4.85. The number of carboxylic acid groups (broad SMARTS) is 1. The molecule has 0 saturated carbocycles. The maximum absolute atomic E-state index is 13.7. The summed E-state index contributed by atoms with van der Waals surface area (Å²) in [6.45, 7) is -0.910. The number of rotatable bonds is 4. The van der Waals surface area contributed by atoms with Crippen LogP contribution in [0.2, 0.25) is 0 Å². The Labute approximate surface area is 135 Å². The van der Waals surface area contributed by atoms with Crippen LogP contribution < -0.4 is 5.32 Å². The zero-order valence-electron chi connectivity index (χ0n) is 12.0. The standard InChI is InChI=1S/C15H8F7NO2/c16-10-8(5-23-7-3-1-2-6(4-7)14(24)25)11(17)13(19)9(12(10)18)15(20,21)22/h1-4,23H,5H2,(H,24,25). The summed E-state index contributed by atoms with van der Waals surface area (Å²) >= 11 is 0. The van der Waals surface area contributed by atoms with E-state index in [0.29, 0.717) is 0 Å². The van der Waals surface area contributed by atoms with E-state index in [-0.39, 0.29) is 11.3 Å². The minimum absolute atomic E-state index is 0.0272. The molecular weight excluding hydrogens is 359 g/mol. The molecule has 0 radical (unpaired) electrons. The molecule has 10 heteroatoms. The summed E-state index contributed by atoms with van der Waals surface area (Å²) in [6.07, 6.45) is -5.61. The fourth-order valence-electron chi connectivity index (χ4n) is 2.03. The summed E-state index contributed by atoms with van der Waals surface area (Å²) < 4.78 is 91.9. The van der Waals surface area contributed by atoms with Crippen molar-refractivity contribution in [1.29, 1.82) is 0 Å². The van der Waals surface area contributed by atoms with E-state index in [4.69, 9.17) is 5.11 Å². The van der Waals surface area contributed by atoms with E-state index in [1.54, 1.807) is 0 Å². The number of hydrogen-bond donors (Lipinski definition) is 2. The fourth-order valence-corrected chi connectivity index (χ4v) is 2.03. The Morgan fingerprint density at radius 2 is 1.56 bits per heavy atom. The van der Waals surface area contributed by atoms with Crippen molar-refractivity contribution in [1.82, 2.24) is 0 Å². The lowest BCUT2D eigenvalue weighted by Crippen LogP contribution is -2.18. The van der Waals surface area contributed by atoms with Gasteiger partial charge in [-0.1, -0.05) is 6.07 Å². The van der Waals surface area contributed by atoms with Gasteiger partial charge in [0.25, 0.3) is 0 Å². The van der Waals surface area contributed by atoms with Crippen molar-refractivity contribution >= 4 is 11.7 Å². The number of hydrogen-bond acceptors (Lipinski definition) is 2. The van der Waals surface area contributed by atoms with Crippen molar-refractivity contribution in [3.05, 3.63) is 64.2 Å². The molecule has 2 aromatic rings. The van der Waals surface area contributed by atoms with Crippen LogP contribution in [0.25, 0.3) is 0 Å². The number of carboxylic acids is 1. The molecule has 0 fully saturated rings. The first-order chi connectivity index (χ1) is 11.5. The largest absolute Gasteiger partial charge is 0.478 e. The van der Waals surface area contributed by atoms with Gasteiger partial charge in [0.15, 0.2) is 23.3 Å². The van der Waals surface area contributed by atoms with Crippen molar-refractivity contribution in [2.24, 2.45) is 0 Å². The predicted molar refractivity (Wildman–Crippen MR) is 72.0 cm³/mol. The van der Waals surface area contributed by atoms with Crippen LogP contribution >= 0.6 is 0 Å². The lowest BCUT2D eigenvalue weighted by atomic mass is 10.1. The molecule has 2 N–H and O–H groups in total. The van der Waals surface area contributed by atoms with E-state index in [0.717, 1.165) is 6.07 Å².